The van der Waals surface area contributed by atoms with Crippen molar-refractivity contribution in [2.45, 2.75) is 6.92 Å². The monoisotopic (exact) mass is 445 g/mol. The lowest BCUT2D eigenvalue weighted by molar-refractivity contribution is 0.0697. The molecule has 3 aromatic rings. The van der Waals surface area contributed by atoms with Crippen LogP contribution in [0.5, 0.6) is 5.75 Å². The van der Waals surface area contributed by atoms with E-state index in [1.165, 1.54) is 23.5 Å². The van der Waals surface area contributed by atoms with E-state index in [0.717, 1.165) is 5.56 Å². The molecule has 0 bridgehead atoms. The van der Waals surface area contributed by atoms with Gasteiger partial charge >= 0.3 is 5.97 Å². The highest BCUT2D eigenvalue weighted by atomic mass is 35.5. The van der Waals surface area contributed by atoms with Gasteiger partial charge in [0.25, 0.3) is 0 Å². The number of hydrazone groups is 1. The number of aromatic carboxylic acids is 1. The Morgan fingerprint density at radius 1 is 1.21 bits per heavy atom. The molecule has 9 heteroatoms. The average Bonchev–Trinajstić information content (AvgIpc) is 3.08. The van der Waals surface area contributed by atoms with Crippen LogP contribution in [0.4, 0.5) is 5.69 Å². The molecule has 0 atom stereocenters. The topological polar surface area (TPSA) is 94.0 Å². The molecule has 0 aliphatic heterocycles. The van der Waals surface area contributed by atoms with E-state index >= 15 is 0 Å². The molecule has 3 rings (SSSR count). The van der Waals surface area contributed by atoms with Crippen LogP contribution in [-0.4, -0.2) is 27.0 Å². The molecule has 0 saturated carbocycles. The normalized spacial score (nSPS) is 11.2. The first-order valence-corrected chi connectivity index (χ1v) is 10.0. The van der Waals surface area contributed by atoms with Crippen LogP contribution < -0.4 is 10.7 Å². The smallest absolute Gasteiger partial charge is 0.335 e. The minimum Gasteiger partial charge on any atom is -0.506 e. The van der Waals surface area contributed by atoms with Gasteiger partial charge in [0.1, 0.15) is 5.75 Å². The zero-order chi connectivity index (χ0) is 21.0. The Kier molecular flexibility index (Phi) is 6.48. The van der Waals surface area contributed by atoms with Gasteiger partial charge in [0.05, 0.1) is 21.7 Å². The van der Waals surface area contributed by atoms with Gasteiger partial charge in [-0.15, -0.1) is 11.3 Å². The van der Waals surface area contributed by atoms with Crippen LogP contribution in [0.2, 0.25) is 5.02 Å². The van der Waals surface area contributed by atoms with Crippen LogP contribution in [-0.2, 0) is 0 Å². The molecule has 6 nitrogen and oxygen atoms in total. The van der Waals surface area contributed by atoms with Crippen molar-refractivity contribution < 1.29 is 15.0 Å². The Hall–Kier alpha value is -2.94. The molecule has 0 spiro atoms. The molecule has 1 aromatic heterocycles. The van der Waals surface area contributed by atoms with Crippen molar-refractivity contribution in [1.29, 1.82) is 0 Å². The fraction of sp³-hybridized carbons (Fsp3) is 0.0500. The van der Waals surface area contributed by atoms with E-state index in [1.54, 1.807) is 36.6 Å². The first kappa shape index (κ1) is 20.8. The summed E-state index contributed by atoms with van der Waals surface area (Å²) in [5, 5.41) is 29.3. The van der Waals surface area contributed by atoms with Crippen LogP contribution in [0, 0.1) is 0 Å². The maximum Gasteiger partial charge on any atom is 0.335 e. The molecule has 0 saturated heterocycles. The molecule has 2 aromatic carbocycles. The van der Waals surface area contributed by atoms with Crippen molar-refractivity contribution in [1.82, 2.24) is 5.43 Å². The summed E-state index contributed by atoms with van der Waals surface area (Å²) in [5.74, 6) is -0.904. The third-order valence-corrected chi connectivity index (χ3v) is 5.38. The Morgan fingerprint density at radius 2 is 1.97 bits per heavy atom. The molecule has 0 aliphatic rings. The molecule has 0 amide bonds. The molecule has 0 unspecified atom stereocenters. The highest BCUT2D eigenvalue weighted by molar-refractivity contribution is 7.80. The summed E-state index contributed by atoms with van der Waals surface area (Å²) in [7, 11) is 0. The van der Waals surface area contributed by atoms with E-state index in [0.29, 0.717) is 26.9 Å². The van der Waals surface area contributed by atoms with Gasteiger partial charge in [-0.05, 0) is 55.0 Å². The van der Waals surface area contributed by atoms with Crippen LogP contribution >= 0.6 is 35.2 Å². The molecule has 148 valence electrons. The maximum atomic E-state index is 11.0. The van der Waals surface area contributed by atoms with E-state index < -0.39 is 5.97 Å². The summed E-state index contributed by atoms with van der Waals surface area (Å²) in [6, 6.07) is 13.5. The molecule has 0 aliphatic carbocycles. The second kappa shape index (κ2) is 9.04. The zero-order valence-corrected chi connectivity index (χ0v) is 17.5. The van der Waals surface area contributed by atoms with Crippen LogP contribution in [0.25, 0.3) is 10.4 Å². The van der Waals surface area contributed by atoms with Crippen LogP contribution in [0.3, 0.4) is 0 Å². The van der Waals surface area contributed by atoms with Crippen molar-refractivity contribution in [3.05, 3.63) is 70.1 Å². The van der Waals surface area contributed by atoms with Gasteiger partial charge < -0.3 is 15.5 Å². The Bertz CT molecular complexity index is 1110. The Morgan fingerprint density at radius 3 is 2.69 bits per heavy atom. The first-order valence-electron chi connectivity index (χ1n) is 8.36. The van der Waals surface area contributed by atoms with E-state index in [9.17, 15) is 9.90 Å². The number of hydrogen-bond donors (Lipinski definition) is 4. The average molecular weight is 446 g/mol. The number of hydrogen-bond acceptors (Lipinski definition) is 5. The number of halogens is 1. The second-order valence-electron chi connectivity index (χ2n) is 5.99. The van der Waals surface area contributed by atoms with E-state index in [4.69, 9.17) is 28.9 Å². The number of nitrogens with zero attached hydrogens (tertiary/aromatic N) is 1. The number of aromatic hydroxyl groups is 1. The van der Waals surface area contributed by atoms with Crippen molar-refractivity contribution in [2.24, 2.45) is 5.10 Å². The number of thiophene rings is 1. The third-order valence-electron chi connectivity index (χ3n) is 3.93. The lowest BCUT2D eigenvalue weighted by Crippen LogP contribution is -2.25. The lowest BCUT2D eigenvalue weighted by Gasteiger charge is -2.08. The molecule has 1 heterocycles. The third kappa shape index (κ3) is 5.11. The number of thiocarbonyl (C=S) groups is 1. The maximum absolute atomic E-state index is 11.0. The minimum absolute atomic E-state index is 0.119. The molecule has 0 fully saturated rings. The van der Waals surface area contributed by atoms with Gasteiger partial charge in [0.2, 0.25) is 0 Å². The van der Waals surface area contributed by atoms with Gasteiger partial charge in [-0.25, -0.2) is 4.79 Å². The number of carboxylic acids is 1. The fourth-order valence-electron chi connectivity index (χ4n) is 2.53. The quantitative estimate of drug-likeness (QED) is 0.245. The van der Waals surface area contributed by atoms with Crippen molar-refractivity contribution in [3.8, 4) is 16.2 Å². The first-order chi connectivity index (χ1) is 13.8. The number of benzene rings is 2. The molecule has 0 radical (unpaired) electrons. The number of nitrogens with one attached hydrogen (secondary N) is 2. The lowest BCUT2D eigenvalue weighted by atomic mass is 10.1. The van der Waals surface area contributed by atoms with Crippen molar-refractivity contribution in [3.63, 3.8) is 0 Å². The predicted molar refractivity (Wildman–Crippen MR) is 121 cm³/mol. The SMILES string of the molecule is C/C(=N\NC(=S)Nc1cccc(C(=O)O)c1)c1csc(-c2cccc(Cl)c2)c1O. The summed E-state index contributed by atoms with van der Waals surface area (Å²) in [4.78, 5) is 11.7. The molecular weight excluding hydrogens is 430 g/mol. The summed E-state index contributed by atoms with van der Waals surface area (Å²) >= 11 is 12.6. The van der Waals surface area contributed by atoms with E-state index in [1.807, 2.05) is 12.1 Å². The van der Waals surface area contributed by atoms with Crippen LogP contribution in [0.1, 0.15) is 22.8 Å². The Labute approximate surface area is 181 Å². The summed E-state index contributed by atoms with van der Waals surface area (Å²) in [6.07, 6.45) is 0. The minimum atomic E-state index is -1.02. The summed E-state index contributed by atoms with van der Waals surface area (Å²) in [6.45, 7) is 1.74. The fourth-order valence-corrected chi connectivity index (χ4v) is 3.88. The van der Waals surface area contributed by atoms with Crippen LogP contribution in [0.15, 0.2) is 59.0 Å². The molecular formula is C20H16ClN3O3S2. The Balaban J connectivity index is 1.71. The number of carboxylic acid groups (broad SMARTS) is 1. The summed E-state index contributed by atoms with van der Waals surface area (Å²) in [5.41, 5.74) is 5.31. The van der Waals surface area contributed by atoms with Gasteiger partial charge in [-0.3, -0.25) is 5.43 Å². The zero-order valence-electron chi connectivity index (χ0n) is 15.1. The number of rotatable bonds is 5. The molecule has 29 heavy (non-hydrogen) atoms. The number of anilines is 1. The summed E-state index contributed by atoms with van der Waals surface area (Å²) < 4.78 is 0. The predicted octanol–water partition coefficient (Wildman–Crippen LogP) is 5.18. The number of carbonyl (C=O) groups is 1. The highest BCUT2D eigenvalue weighted by Gasteiger charge is 2.15. The van der Waals surface area contributed by atoms with Gasteiger partial charge in [0, 0.05) is 16.1 Å². The van der Waals surface area contributed by atoms with E-state index in [-0.39, 0.29) is 16.4 Å². The largest absolute Gasteiger partial charge is 0.506 e. The van der Waals surface area contributed by atoms with E-state index in [2.05, 4.69) is 15.8 Å². The van der Waals surface area contributed by atoms with Gasteiger partial charge in [0.15, 0.2) is 5.11 Å². The second-order valence-corrected chi connectivity index (χ2v) is 7.71. The highest BCUT2D eigenvalue weighted by Crippen LogP contribution is 2.39. The van der Waals surface area contributed by atoms with Gasteiger partial charge in [-0.1, -0.05) is 29.8 Å². The van der Waals surface area contributed by atoms with Crippen molar-refractivity contribution >= 4 is 57.6 Å². The standard InChI is InChI=1S/C20H16ClN3O3S2/c1-11(16-10-29-18(17(16)25)12-4-2-6-14(21)8-12)23-24-20(28)22-15-7-3-5-13(9-15)19(26)27/h2-10,25H,1H3,(H,26,27)(H2,22,24,28)/b23-11+. The van der Waals surface area contributed by atoms with Gasteiger partial charge in [-0.2, -0.15) is 5.10 Å². The molecule has 4 N–H and O–H groups in total. The van der Waals surface area contributed by atoms with Crippen molar-refractivity contribution in [2.75, 3.05) is 5.32 Å².